The molecule has 0 saturated carbocycles. The molecule has 0 amide bonds. The van der Waals surface area contributed by atoms with Crippen LogP contribution in [0.25, 0.3) is 0 Å². The predicted molar refractivity (Wildman–Crippen MR) is 155 cm³/mol. The Balaban J connectivity index is -0.000000411. The van der Waals surface area contributed by atoms with Crippen molar-refractivity contribution in [1.29, 1.82) is 0 Å². The normalized spacial score (nSPS) is 14.1. The van der Waals surface area contributed by atoms with Gasteiger partial charge in [0.1, 0.15) is 0 Å². The van der Waals surface area contributed by atoms with Crippen LogP contribution in [0, 0.1) is 10.8 Å². The van der Waals surface area contributed by atoms with Gasteiger partial charge < -0.3 is 0 Å². The number of rotatable bonds is 14. The van der Waals surface area contributed by atoms with Crippen molar-refractivity contribution in [2.75, 3.05) is 17.3 Å². The van der Waals surface area contributed by atoms with Gasteiger partial charge in [-0.25, -0.2) is 0 Å². The lowest BCUT2D eigenvalue weighted by Gasteiger charge is -2.29. The molecular weight excluding hydrogens is 420 g/mol. The van der Waals surface area contributed by atoms with E-state index in [4.69, 9.17) is 0 Å². The average Bonchev–Trinajstić information content (AvgIpc) is 3.24. The Kier molecular flexibility index (Phi) is 28.3. The van der Waals surface area contributed by atoms with E-state index in [1.165, 1.54) is 82.1 Å². The molecule has 0 unspecified atom stereocenters. The van der Waals surface area contributed by atoms with E-state index >= 15 is 0 Å². The third-order valence-corrected chi connectivity index (χ3v) is 9.41. The summed E-state index contributed by atoms with van der Waals surface area (Å²) in [4.78, 5) is 0. The summed E-state index contributed by atoms with van der Waals surface area (Å²) in [5.74, 6) is 3.62. The molecular formula is C27H56S3. The molecule has 0 heterocycles. The van der Waals surface area contributed by atoms with Gasteiger partial charge in [0.2, 0.25) is 0 Å². The highest BCUT2D eigenvalue weighted by Gasteiger charge is 2.26. The van der Waals surface area contributed by atoms with Gasteiger partial charge in [0.25, 0.3) is 0 Å². The van der Waals surface area contributed by atoms with Crippen LogP contribution in [0.3, 0.4) is 0 Å². The smallest absolute Gasteiger partial charge is 0.00963 e. The van der Waals surface area contributed by atoms with E-state index in [0.717, 1.165) is 5.75 Å². The zero-order chi connectivity index (χ0) is 22.4. The van der Waals surface area contributed by atoms with Crippen molar-refractivity contribution in [3.63, 3.8) is 0 Å². The van der Waals surface area contributed by atoms with E-state index in [0.29, 0.717) is 10.8 Å². The summed E-state index contributed by atoms with van der Waals surface area (Å²) >= 11 is 4.00. The maximum absolute atomic E-state index is 4.00. The van der Waals surface area contributed by atoms with E-state index in [-0.39, 0.29) is 7.43 Å². The molecule has 182 valence electrons. The first-order valence-corrected chi connectivity index (χ1v) is 15.2. The highest BCUT2D eigenvalue weighted by molar-refractivity contribution is 8.76. The van der Waals surface area contributed by atoms with Crippen LogP contribution < -0.4 is 0 Å². The average molecular weight is 477 g/mol. The van der Waals surface area contributed by atoms with E-state index in [1.807, 2.05) is 10.8 Å². The molecule has 1 aliphatic rings. The molecule has 0 bridgehead atoms. The first-order valence-electron chi connectivity index (χ1n) is 12.1. The lowest BCUT2D eigenvalue weighted by atomic mass is 9.80. The second kappa shape index (κ2) is 24.2. The summed E-state index contributed by atoms with van der Waals surface area (Å²) in [6.45, 7) is 17.5. The lowest BCUT2D eigenvalue weighted by Crippen LogP contribution is -2.20. The minimum absolute atomic E-state index is 0. The van der Waals surface area contributed by atoms with E-state index in [2.05, 4.69) is 89.8 Å². The molecule has 0 atom stereocenters. The summed E-state index contributed by atoms with van der Waals surface area (Å²) in [6.07, 6.45) is 21.0. The molecule has 30 heavy (non-hydrogen) atoms. The van der Waals surface area contributed by atoms with Gasteiger partial charge in [-0.2, -0.15) is 12.6 Å². The molecule has 0 nitrogen and oxygen atoms in total. The van der Waals surface area contributed by atoms with Crippen LogP contribution in [0.1, 0.15) is 120 Å². The first kappa shape index (κ1) is 35.1. The van der Waals surface area contributed by atoms with Crippen molar-refractivity contribution in [3.05, 3.63) is 24.8 Å². The van der Waals surface area contributed by atoms with Crippen LogP contribution in [-0.4, -0.2) is 17.3 Å². The molecule has 0 fully saturated rings. The summed E-state index contributed by atoms with van der Waals surface area (Å²) in [5.41, 5.74) is 1.17. The fourth-order valence-electron chi connectivity index (χ4n) is 3.27. The predicted octanol–water partition coefficient (Wildman–Crippen LogP) is 11.0. The summed E-state index contributed by atoms with van der Waals surface area (Å²) < 4.78 is 0. The number of allylic oxidation sites excluding steroid dienone is 3. The third-order valence-electron chi connectivity index (χ3n) is 6.39. The molecule has 0 saturated heterocycles. The Morgan fingerprint density at radius 1 is 0.933 bits per heavy atom. The standard InChI is InChI=1S/C13H26S2.C9H16.C4H10S.CH4/c1-5-9-11-14-15-12-13(7-3,8-4)10-6-2;1-3-9(4-2)7-5-6-8-9;1-2-3-4-5;/h6H,2,5,7-12H2,1,3-4H3;5-6H,3-4,7-8H2,1-2H3;5H,2-4H2,1H3;1H4. The molecule has 1 aliphatic carbocycles. The van der Waals surface area contributed by atoms with Crippen molar-refractivity contribution in [1.82, 2.24) is 0 Å². The highest BCUT2D eigenvalue weighted by Crippen LogP contribution is 2.39. The number of unbranched alkanes of at least 4 members (excludes halogenated alkanes) is 2. The van der Waals surface area contributed by atoms with Gasteiger partial charge in [-0.1, -0.05) is 102 Å². The van der Waals surface area contributed by atoms with Gasteiger partial charge >= 0.3 is 0 Å². The summed E-state index contributed by atoms with van der Waals surface area (Å²) in [5, 5.41) is 0. The molecule has 0 aromatic heterocycles. The summed E-state index contributed by atoms with van der Waals surface area (Å²) in [6, 6.07) is 0. The second-order valence-electron chi connectivity index (χ2n) is 8.30. The summed E-state index contributed by atoms with van der Waals surface area (Å²) in [7, 11) is 4.10. The van der Waals surface area contributed by atoms with Gasteiger partial charge in [0.15, 0.2) is 0 Å². The molecule has 1 rings (SSSR count). The number of hydrogen-bond acceptors (Lipinski definition) is 3. The Bertz CT molecular complexity index is 356. The van der Waals surface area contributed by atoms with Crippen molar-refractivity contribution in [3.8, 4) is 0 Å². The third kappa shape index (κ3) is 17.1. The molecule has 0 N–H and O–H groups in total. The number of thiol groups is 1. The Hall–Kier alpha value is 0.530. The topological polar surface area (TPSA) is 0 Å². The Morgan fingerprint density at radius 3 is 1.77 bits per heavy atom. The minimum Gasteiger partial charge on any atom is -0.179 e. The SMILES string of the molecule is C.C=CCC(CC)(CC)CSSCCCC.CCC1(CC)CC=CC1.CCCCS. The largest absolute Gasteiger partial charge is 0.179 e. The molecule has 0 spiro atoms. The maximum atomic E-state index is 4.00. The van der Waals surface area contributed by atoms with Crippen molar-refractivity contribution >= 4 is 34.2 Å². The quantitative estimate of drug-likeness (QED) is 0.114. The van der Waals surface area contributed by atoms with Crippen LogP contribution in [0.4, 0.5) is 0 Å². The zero-order valence-electron chi connectivity index (χ0n) is 20.6. The van der Waals surface area contributed by atoms with Gasteiger partial charge in [-0.05, 0) is 74.4 Å². The van der Waals surface area contributed by atoms with Crippen molar-refractivity contribution in [2.24, 2.45) is 10.8 Å². The first-order chi connectivity index (χ1) is 14.0. The minimum atomic E-state index is 0. The molecule has 0 aliphatic heterocycles. The molecule has 0 aromatic carbocycles. The van der Waals surface area contributed by atoms with Crippen LogP contribution in [-0.2, 0) is 0 Å². The lowest BCUT2D eigenvalue weighted by molar-refractivity contribution is 0.285. The van der Waals surface area contributed by atoms with Crippen LogP contribution >= 0.6 is 34.2 Å². The van der Waals surface area contributed by atoms with Crippen LogP contribution in [0.5, 0.6) is 0 Å². The molecule has 0 aromatic rings. The molecule has 3 heteroatoms. The van der Waals surface area contributed by atoms with Crippen LogP contribution in [0.2, 0.25) is 0 Å². The van der Waals surface area contributed by atoms with Gasteiger partial charge in [0.05, 0.1) is 0 Å². The van der Waals surface area contributed by atoms with E-state index < -0.39 is 0 Å². The van der Waals surface area contributed by atoms with Crippen molar-refractivity contribution in [2.45, 2.75) is 120 Å². The van der Waals surface area contributed by atoms with Gasteiger partial charge in [0, 0.05) is 11.5 Å². The Morgan fingerprint density at radius 2 is 1.47 bits per heavy atom. The van der Waals surface area contributed by atoms with Gasteiger partial charge in [-0.15, -0.1) is 6.58 Å². The van der Waals surface area contributed by atoms with Gasteiger partial charge in [-0.3, -0.25) is 0 Å². The van der Waals surface area contributed by atoms with Crippen molar-refractivity contribution < 1.29 is 0 Å². The molecule has 0 radical (unpaired) electrons. The number of hydrogen-bond donors (Lipinski definition) is 1. The van der Waals surface area contributed by atoms with E-state index in [1.54, 1.807) is 0 Å². The highest BCUT2D eigenvalue weighted by atomic mass is 33.1. The maximum Gasteiger partial charge on any atom is 0.00963 e. The monoisotopic (exact) mass is 476 g/mol. The Labute approximate surface area is 206 Å². The zero-order valence-corrected chi connectivity index (χ0v) is 23.1. The fraction of sp³-hybridized carbons (Fsp3) is 0.852. The fourth-order valence-corrected chi connectivity index (χ4v) is 6.68. The van der Waals surface area contributed by atoms with Crippen LogP contribution in [0.15, 0.2) is 24.8 Å². The second-order valence-corrected chi connectivity index (χ2v) is 11.3. The van der Waals surface area contributed by atoms with E-state index in [9.17, 15) is 0 Å².